The molecule has 1 aromatic heterocycles. The second-order valence-electron chi connectivity index (χ2n) is 7.79. The molecule has 1 aromatic carbocycles. The van der Waals surface area contributed by atoms with Crippen molar-refractivity contribution < 1.29 is 4.79 Å². The van der Waals surface area contributed by atoms with E-state index in [2.05, 4.69) is 26.9 Å². The van der Waals surface area contributed by atoms with Gasteiger partial charge in [-0.3, -0.25) is 9.69 Å². The molecule has 27 heavy (non-hydrogen) atoms. The Balaban J connectivity index is 1.44. The number of anilines is 1. The zero-order chi connectivity index (χ0) is 18.8. The van der Waals surface area contributed by atoms with Crippen LogP contribution in [0.1, 0.15) is 56.3 Å². The zero-order valence-electron chi connectivity index (χ0n) is 16.2. The molecule has 0 amide bonds. The first-order chi connectivity index (χ1) is 13.1. The van der Waals surface area contributed by atoms with Gasteiger partial charge in [0, 0.05) is 36.3 Å². The Kier molecular flexibility index (Phi) is 5.55. The third-order valence-electron chi connectivity index (χ3n) is 6.01. The summed E-state index contributed by atoms with van der Waals surface area (Å²) in [7, 11) is 0. The fourth-order valence-electron chi connectivity index (χ4n) is 4.48. The lowest BCUT2D eigenvalue weighted by Crippen LogP contribution is -2.50. The first-order valence-corrected chi connectivity index (χ1v) is 10.9. The number of carbonyl (C=O) groups excluding carboxylic acids is 1. The predicted octanol–water partition coefficient (Wildman–Crippen LogP) is 4.25. The minimum Gasteiger partial charge on any atom is -0.347 e. The average molecular weight is 385 g/mol. The number of rotatable bonds is 4. The molecule has 3 heterocycles. The number of likely N-dealkylation sites (tertiary alicyclic amines) is 1. The van der Waals surface area contributed by atoms with Gasteiger partial charge < -0.3 is 4.90 Å². The van der Waals surface area contributed by atoms with Gasteiger partial charge in [0.1, 0.15) is 5.01 Å². The summed E-state index contributed by atoms with van der Waals surface area (Å²) in [4.78, 5) is 17.0. The fourth-order valence-corrected chi connectivity index (χ4v) is 5.42. The van der Waals surface area contributed by atoms with Crippen LogP contribution in [-0.2, 0) is 0 Å². The molecule has 4 rings (SSSR count). The molecule has 144 valence electrons. The van der Waals surface area contributed by atoms with Gasteiger partial charge in [0.15, 0.2) is 5.78 Å². The smallest absolute Gasteiger partial charge is 0.208 e. The summed E-state index contributed by atoms with van der Waals surface area (Å²) >= 11 is 1.60. The zero-order valence-corrected chi connectivity index (χ0v) is 17.0. The van der Waals surface area contributed by atoms with E-state index in [4.69, 9.17) is 0 Å². The van der Waals surface area contributed by atoms with Crippen LogP contribution in [0, 0.1) is 0 Å². The maximum atomic E-state index is 11.9. The lowest BCUT2D eigenvalue weighted by molar-refractivity contribution is 0.0897. The van der Waals surface area contributed by atoms with E-state index >= 15 is 0 Å². The van der Waals surface area contributed by atoms with Gasteiger partial charge in [-0.1, -0.05) is 42.0 Å². The summed E-state index contributed by atoms with van der Waals surface area (Å²) < 4.78 is 0. The van der Waals surface area contributed by atoms with Gasteiger partial charge in [-0.15, -0.1) is 10.2 Å². The van der Waals surface area contributed by atoms with E-state index < -0.39 is 0 Å². The SMILES string of the molecule is CC(=O)c1ccccc1-c1nnc(N2CCC(N3CCCCC3C)CC2)s1. The molecular weight excluding hydrogens is 356 g/mol. The van der Waals surface area contributed by atoms with E-state index in [1.54, 1.807) is 18.3 Å². The maximum Gasteiger partial charge on any atom is 0.208 e. The Bertz CT molecular complexity index is 797. The predicted molar refractivity (Wildman–Crippen MR) is 111 cm³/mol. The third kappa shape index (κ3) is 3.92. The summed E-state index contributed by atoms with van der Waals surface area (Å²) in [5.74, 6) is 0.0683. The molecule has 0 N–H and O–H groups in total. The van der Waals surface area contributed by atoms with E-state index in [0.717, 1.165) is 40.4 Å². The monoisotopic (exact) mass is 384 g/mol. The quantitative estimate of drug-likeness (QED) is 0.738. The van der Waals surface area contributed by atoms with Gasteiger partial charge in [0.2, 0.25) is 5.13 Å². The normalized spacial score (nSPS) is 22.1. The first kappa shape index (κ1) is 18.6. The van der Waals surface area contributed by atoms with Gasteiger partial charge in [-0.05, 0) is 46.1 Å². The summed E-state index contributed by atoms with van der Waals surface area (Å²) in [6.07, 6.45) is 6.47. The molecule has 0 spiro atoms. The Hall–Kier alpha value is -1.79. The minimum absolute atomic E-state index is 0.0683. The molecule has 0 radical (unpaired) electrons. The molecule has 0 saturated carbocycles. The first-order valence-electron chi connectivity index (χ1n) is 10.1. The van der Waals surface area contributed by atoms with Crippen molar-refractivity contribution in [3.8, 4) is 10.6 Å². The van der Waals surface area contributed by atoms with Crippen LogP contribution < -0.4 is 4.90 Å². The molecule has 0 aliphatic carbocycles. The van der Waals surface area contributed by atoms with Crippen LogP contribution in [0.25, 0.3) is 10.6 Å². The number of Topliss-reactive ketones (excluding diaryl/α,β-unsaturated/α-hetero) is 1. The van der Waals surface area contributed by atoms with Crippen molar-refractivity contribution in [1.82, 2.24) is 15.1 Å². The highest BCUT2D eigenvalue weighted by molar-refractivity contribution is 7.18. The second-order valence-corrected chi connectivity index (χ2v) is 8.75. The molecule has 2 aliphatic rings. The van der Waals surface area contributed by atoms with E-state index in [1.807, 2.05) is 24.3 Å². The molecule has 6 heteroatoms. The summed E-state index contributed by atoms with van der Waals surface area (Å²) in [5, 5.41) is 10.6. The molecule has 2 fully saturated rings. The molecule has 2 saturated heterocycles. The number of aromatic nitrogens is 2. The Labute approximate surface area is 165 Å². The molecule has 0 bridgehead atoms. The van der Waals surface area contributed by atoms with E-state index in [9.17, 15) is 4.79 Å². The second kappa shape index (κ2) is 8.07. The summed E-state index contributed by atoms with van der Waals surface area (Å²) in [6.45, 7) is 7.33. The van der Waals surface area contributed by atoms with Crippen molar-refractivity contribution in [3.05, 3.63) is 29.8 Å². The van der Waals surface area contributed by atoms with Crippen molar-refractivity contribution in [2.24, 2.45) is 0 Å². The van der Waals surface area contributed by atoms with Crippen LogP contribution in [0.5, 0.6) is 0 Å². The van der Waals surface area contributed by atoms with Gasteiger partial charge in [0.05, 0.1) is 0 Å². The van der Waals surface area contributed by atoms with Crippen molar-refractivity contribution >= 4 is 22.3 Å². The summed E-state index contributed by atoms with van der Waals surface area (Å²) in [6, 6.07) is 9.12. The van der Waals surface area contributed by atoms with Gasteiger partial charge in [0.25, 0.3) is 0 Å². The standard InChI is InChI=1S/C21H28N4OS/c1-15-7-5-6-12-25(15)17-10-13-24(14-11-17)21-23-22-20(27-21)19-9-4-3-8-18(19)16(2)26/h3-4,8-9,15,17H,5-7,10-14H2,1-2H3. The molecule has 1 atom stereocenters. The number of hydrogen-bond acceptors (Lipinski definition) is 6. The minimum atomic E-state index is 0.0683. The van der Waals surface area contributed by atoms with E-state index in [0.29, 0.717) is 6.04 Å². The lowest BCUT2D eigenvalue weighted by Gasteiger charge is -2.43. The van der Waals surface area contributed by atoms with E-state index in [-0.39, 0.29) is 5.78 Å². The lowest BCUT2D eigenvalue weighted by atomic mass is 9.96. The van der Waals surface area contributed by atoms with Crippen molar-refractivity contribution in [1.29, 1.82) is 0 Å². The van der Waals surface area contributed by atoms with Crippen LogP contribution in [0.4, 0.5) is 5.13 Å². The highest BCUT2D eigenvalue weighted by Gasteiger charge is 2.30. The van der Waals surface area contributed by atoms with Crippen molar-refractivity contribution in [3.63, 3.8) is 0 Å². The van der Waals surface area contributed by atoms with Crippen molar-refractivity contribution in [2.45, 2.75) is 58.0 Å². The number of nitrogens with zero attached hydrogens (tertiary/aromatic N) is 4. The van der Waals surface area contributed by atoms with Crippen molar-refractivity contribution in [2.75, 3.05) is 24.5 Å². The Morgan fingerprint density at radius 1 is 1.07 bits per heavy atom. The number of piperidine rings is 2. The van der Waals surface area contributed by atoms with Crippen LogP contribution in [0.3, 0.4) is 0 Å². The summed E-state index contributed by atoms with van der Waals surface area (Å²) in [5.41, 5.74) is 1.61. The number of benzene rings is 1. The van der Waals surface area contributed by atoms with Crippen LogP contribution >= 0.6 is 11.3 Å². The van der Waals surface area contributed by atoms with Gasteiger partial charge in [-0.25, -0.2) is 0 Å². The highest BCUT2D eigenvalue weighted by Crippen LogP contribution is 2.33. The number of hydrogen-bond donors (Lipinski definition) is 0. The Morgan fingerprint density at radius 2 is 1.85 bits per heavy atom. The van der Waals surface area contributed by atoms with Gasteiger partial charge >= 0.3 is 0 Å². The Morgan fingerprint density at radius 3 is 2.59 bits per heavy atom. The third-order valence-corrected chi connectivity index (χ3v) is 7.03. The molecule has 2 aliphatic heterocycles. The highest BCUT2D eigenvalue weighted by atomic mass is 32.1. The van der Waals surface area contributed by atoms with Gasteiger partial charge in [-0.2, -0.15) is 0 Å². The molecule has 5 nitrogen and oxygen atoms in total. The largest absolute Gasteiger partial charge is 0.347 e. The average Bonchev–Trinajstić information content (AvgIpc) is 3.18. The maximum absolute atomic E-state index is 11.9. The van der Waals surface area contributed by atoms with E-state index in [1.165, 1.54) is 38.6 Å². The topological polar surface area (TPSA) is 49.3 Å². The number of ketones is 1. The fraction of sp³-hybridized carbons (Fsp3) is 0.571. The molecule has 2 aromatic rings. The van der Waals surface area contributed by atoms with Crippen LogP contribution in [-0.4, -0.2) is 52.6 Å². The van der Waals surface area contributed by atoms with Crippen LogP contribution in [0.15, 0.2) is 24.3 Å². The van der Waals surface area contributed by atoms with Crippen LogP contribution in [0.2, 0.25) is 0 Å². The number of carbonyl (C=O) groups is 1. The molecular formula is C21H28N4OS. The molecule has 1 unspecified atom stereocenters.